The standard InChI is InChI=1S/C12H21F2NO2/c1-9(2)5-3-4-6-15-8-10-7-12(13,14)11(16)17-10/h9-10,15H,3-8H2,1-2H3. The predicted molar refractivity (Wildman–Crippen MR) is 61.0 cm³/mol. The lowest BCUT2D eigenvalue weighted by atomic mass is 10.1. The van der Waals surface area contributed by atoms with E-state index in [-0.39, 0.29) is 0 Å². The van der Waals surface area contributed by atoms with E-state index in [1.54, 1.807) is 0 Å². The summed E-state index contributed by atoms with van der Waals surface area (Å²) in [5.41, 5.74) is 0. The third-order valence-corrected chi connectivity index (χ3v) is 2.81. The van der Waals surface area contributed by atoms with Crippen molar-refractivity contribution >= 4 is 5.97 Å². The third-order valence-electron chi connectivity index (χ3n) is 2.81. The predicted octanol–water partition coefficient (Wildman–Crippen LogP) is 2.35. The molecule has 0 aliphatic carbocycles. The van der Waals surface area contributed by atoms with Gasteiger partial charge < -0.3 is 10.1 Å². The van der Waals surface area contributed by atoms with Gasteiger partial charge in [0.05, 0.1) is 6.42 Å². The van der Waals surface area contributed by atoms with Gasteiger partial charge in [0, 0.05) is 6.54 Å². The van der Waals surface area contributed by atoms with Gasteiger partial charge >= 0.3 is 11.9 Å². The van der Waals surface area contributed by atoms with E-state index in [1.807, 2.05) is 0 Å². The fourth-order valence-corrected chi connectivity index (χ4v) is 1.83. The van der Waals surface area contributed by atoms with Crippen LogP contribution in [0.25, 0.3) is 0 Å². The van der Waals surface area contributed by atoms with E-state index in [4.69, 9.17) is 0 Å². The zero-order valence-corrected chi connectivity index (χ0v) is 10.5. The van der Waals surface area contributed by atoms with Crippen LogP contribution >= 0.6 is 0 Å². The van der Waals surface area contributed by atoms with E-state index in [0.717, 1.165) is 19.4 Å². The van der Waals surface area contributed by atoms with Crippen LogP contribution < -0.4 is 5.32 Å². The number of hydrogen-bond donors (Lipinski definition) is 1. The van der Waals surface area contributed by atoms with Gasteiger partial charge in [-0.25, -0.2) is 4.79 Å². The summed E-state index contributed by atoms with van der Waals surface area (Å²) in [6.07, 6.45) is 2.16. The van der Waals surface area contributed by atoms with Gasteiger partial charge in [0.15, 0.2) is 0 Å². The minimum Gasteiger partial charge on any atom is -0.456 e. The van der Waals surface area contributed by atoms with Crippen LogP contribution in [-0.2, 0) is 9.53 Å². The van der Waals surface area contributed by atoms with Gasteiger partial charge in [0.1, 0.15) is 6.10 Å². The summed E-state index contributed by atoms with van der Waals surface area (Å²) in [4.78, 5) is 10.7. The summed E-state index contributed by atoms with van der Waals surface area (Å²) in [6, 6.07) is 0. The summed E-state index contributed by atoms with van der Waals surface area (Å²) in [5.74, 6) is -3.97. The third kappa shape index (κ3) is 4.98. The molecular formula is C12H21F2NO2. The Kier molecular flexibility index (Phi) is 5.31. The second-order valence-corrected chi connectivity index (χ2v) is 5.03. The number of carbonyl (C=O) groups is 1. The second kappa shape index (κ2) is 6.28. The first-order valence-corrected chi connectivity index (χ1v) is 6.21. The maximum atomic E-state index is 12.8. The van der Waals surface area contributed by atoms with Crippen molar-refractivity contribution in [2.45, 2.75) is 51.6 Å². The fraction of sp³-hybridized carbons (Fsp3) is 0.917. The largest absolute Gasteiger partial charge is 0.456 e. The normalized spacial score (nSPS) is 23.1. The molecular weight excluding hydrogens is 228 g/mol. The first kappa shape index (κ1) is 14.4. The van der Waals surface area contributed by atoms with Crippen molar-refractivity contribution in [2.24, 2.45) is 5.92 Å². The maximum Gasteiger partial charge on any atom is 0.377 e. The Morgan fingerprint density at radius 1 is 1.47 bits per heavy atom. The molecule has 1 atom stereocenters. The Morgan fingerprint density at radius 3 is 2.71 bits per heavy atom. The van der Waals surface area contributed by atoms with E-state index in [1.165, 1.54) is 6.42 Å². The number of alkyl halides is 2. The van der Waals surface area contributed by atoms with Crippen LogP contribution in [0.15, 0.2) is 0 Å². The molecule has 0 aromatic rings. The van der Waals surface area contributed by atoms with E-state index in [0.29, 0.717) is 12.5 Å². The van der Waals surface area contributed by atoms with E-state index >= 15 is 0 Å². The van der Waals surface area contributed by atoms with Gasteiger partial charge in [-0.15, -0.1) is 0 Å². The van der Waals surface area contributed by atoms with Gasteiger partial charge in [0.2, 0.25) is 0 Å². The van der Waals surface area contributed by atoms with Crippen molar-refractivity contribution in [1.29, 1.82) is 0 Å². The van der Waals surface area contributed by atoms with Crippen LogP contribution in [0.5, 0.6) is 0 Å². The van der Waals surface area contributed by atoms with Crippen molar-refractivity contribution in [1.82, 2.24) is 5.32 Å². The molecule has 0 bridgehead atoms. The van der Waals surface area contributed by atoms with Crippen molar-refractivity contribution in [3.05, 3.63) is 0 Å². The molecule has 1 heterocycles. The van der Waals surface area contributed by atoms with Crippen LogP contribution in [0.1, 0.15) is 39.5 Å². The number of rotatable bonds is 7. The molecule has 0 radical (unpaired) electrons. The summed E-state index contributed by atoms with van der Waals surface area (Å²) in [6.45, 7) is 5.45. The van der Waals surface area contributed by atoms with Crippen molar-refractivity contribution < 1.29 is 18.3 Å². The van der Waals surface area contributed by atoms with E-state index in [2.05, 4.69) is 23.9 Å². The summed E-state index contributed by atoms with van der Waals surface area (Å²) in [5, 5.41) is 3.05. The van der Waals surface area contributed by atoms with Crippen LogP contribution in [0.2, 0.25) is 0 Å². The molecule has 1 aliphatic heterocycles. The molecule has 0 spiro atoms. The monoisotopic (exact) mass is 249 g/mol. The molecule has 1 saturated heterocycles. The van der Waals surface area contributed by atoms with Crippen molar-refractivity contribution in [3.63, 3.8) is 0 Å². The topological polar surface area (TPSA) is 38.3 Å². The molecule has 0 aromatic heterocycles. The Bertz CT molecular complexity index is 257. The quantitative estimate of drug-likeness (QED) is 0.556. The highest BCUT2D eigenvalue weighted by molar-refractivity contribution is 5.79. The van der Waals surface area contributed by atoms with Crippen LogP contribution in [0, 0.1) is 5.92 Å². The van der Waals surface area contributed by atoms with Crippen LogP contribution in [0.3, 0.4) is 0 Å². The number of hydrogen-bond acceptors (Lipinski definition) is 3. The van der Waals surface area contributed by atoms with Gasteiger partial charge in [0.25, 0.3) is 0 Å². The smallest absolute Gasteiger partial charge is 0.377 e. The molecule has 1 rings (SSSR count). The van der Waals surface area contributed by atoms with Gasteiger partial charge in [-0.2, -0.15) is 8.78 Å². The van der Waals surface area contributed by atoms with Crippen LogP contribution in [-0.4, -0.2) is 31.1 Å². The average molecular weight is 249 g/mol. The van der Waals surface area contributed by atoms with Gasteiger partial charge in [-0.1, -0.05) is 26.7 Å². The summed E-state index contributed by atoms with van der Waals surface area (Å²) in [7, 11) is 0. The molecule has 0 amide bonds. The Labute approximate surface area is 101 Å². The highest BCUT2D eigenvalue weighted by atomic mass is 19.3. The Hall–Kier alpha value is -0.710. The number of halogens is 2. The number of esters is 1. The molecule has 1 N–H and O–H groups in total. The number of carbonyl (C=O) groups excluding carboxylic acids is 1. The molecule has 5 heteroatoms. The SMILES string of the molecule is CC(C)CCCCNCC1CC(F)(F)C(=O)O1. The zero-order chi connectivity index (χ0) is 12.9. The van der Waals surface area contributed by atoms with E-state index < -0.39 is 24.4 Å². The number of nitrogens with one attached hydrogen (secondary N) is 1. The average Bonchev–Trinajstić information content (AvgIpc) is 2.46. The highest BCUT2D eigenvalue weighted by Gasteiger charge is 2.50. The van der Waals surface area contributed by atoms with E-state index in [9.17, 15) is 13.6 Å². The number of ether oxygens (including phenoxy) is 1. The second-order valence-electron chi connectivity index (χ2n) is 5.03. The lowest BCUT2D eigenvalue weighted by Crippen LogP contribution is -2.28. The van der Waals surface area contributed by atoms with Gasteiger partial charge in [-0.05, 0) is 18.9 Å². The van der Waals surface area contributed by atoms with Crippen LogP contribution in [0.4, 0.5) is 8.78 Å². The van der Waals surface area contributed by atoms with Crippen molar-refractivity contribution in [2.75, 3.05) is 13.1 Å². The minimum atomic E-state index is -3.29. The molecule has 1 fully saturated rings. The fourth-order valence-electron chi connectivity index (χ4n) is 1.83. The first-order chi connectivity index (χ1) is 7.92. The molecule has 0 saturated carbocycles. The Morgan fingerprint density at radius 2 is 2.18 bits per heavy atom. The Balaban J connectivity index is 2.03. The molecule has 1 aliphatic rings. The summed E-state index contributed by atoms with van der Waals surface area (Å²) < 4.78 is 30.2. The van der Waals surface area contributed by atoms with Crippen molar-refractivity contribution in [3.8, 4) is 0 Å². The zero-order valence-electron chi connectivity index (χ0n) is 10.5. The number of cyclic esters (lactones) is 1. The lowest BCUT2D eigenvalue weighted by Gasteiger charge is -2.10. The molecule has 17 heavy (non-hydrogen) atoms. The maximum absolute atomic E-state index is 12.8. The lowest BCUT2D eigenvalue weighted by molar-refractivity contribution is -0.159. The minimum absolute atomic E-state index is 0.322. The highest BCUT2D eigenvalue weighted by Crippen LogP contribution is 2.30. The molecule has 3 nitrogen and oxygen atoms in total. The summed E-state index contributed by atoms with van der Waals surface area (Å²) >= 11 is 0. The molecule has 0 aromatic carbocycles. The van der Waals surface area contributed by atoms with Gasteiger partial charge in [-0.3, -0.25) is 0 Å². The molecule has 1 unspecified atom stereocenters. The molecule has 100 valence electrons. The number of unbranched alkanes of at least 4 members (excludes halogenated alkanes) is 1. The first-order valence-electron chi connectivity index (χ1n) is 6.21.